The SMILES string of the molecule is CCCCC/C=C\C[C@@H]1[C@H](/C=C/[C@@H](O)CCCCCC(=O)O)[C@H](O)C[C@@H]1O. The molecule has 1 aliphatic rings. The normalized spacial score (nSPS) is 27.0. The van der Waals surface area contributed by atoms with E-state index in [2.05, 4.69) is 19.1 Å². The highest BCUT2D eigenvalue weighted by Gasteiger charge is 2.39. The molecule has 5 heteroatoms. The molecule has 1 aliphatic carbocycles. The summed E-state index contributed by atoms with van der Waals surface area (Å²) in [6.45, 7) is 2.18. The number of hydrogen-bond donors (Lipinski definition) is 4. The van der Waals surface area contributed by atoms with E-state index in [1.165, 1.54) is 19.3 Å². The number of aliphatic hydroxyl groups excluding tert-OH is 3. The van der Waals surface area contributed by atoms with E-state index in [1.807, 2.05) is 6.08 Å². The Labute approximate surface area is 163 Å². The number of carboxylic acid groups (broad SMARTS) is 1. The van der Waals surface area contributed by atoms with E-state index in [4.69, 9.17) is 5.11 Å². The predicted molar refractivity (Wildman–Crippen MR) is 107 cm³/mol. The fourth-order valence-corrected chi connectivity index (χ4v) is 3.75. The van der Waals surface area contributed by atoms with Crippen LogP contribution in [-0.4, -0.2) is 44.7 Å². The third kappa shape index (κ3) is 10.1. The molecule has 0 unspecified atom stereocenters. The smallest absolute Gasteiger partial charge is 0.303 e. The van der Waals surface area contributed by atoms with Crippen molar-refractivity contribution in [3.8, 4) is 0 Å². The number of allylic oxidation sites excluding steroid dienone is 2. The molecular weight excluding hydrogens is 344 g/mol. The van der Waals surface area contributed by atoms with E-state index in [0.717, 1.165) is 25.7 Å². The van der Waals surface area contributed by atoms with Gasteiger partial charge in [-0.25, -0.2) is 0 Å². The van der Waals surface area contributed by atoms with Crippen LogP contribution in [0, 0.1) is 11.8 Å². The van der Waals surface area contributed by atoms with Crippen LogP contribution in [0.15, 0.2) is 24.3 Å². The van der Waals surface area contributed by atoms with Gasteiger partial charge in [-0.05, 0) is 38.0 Å². The lowest BCUT2D eigenvalue weighted by Crippen LogP contribution is -2.20. The van der Waals surface area contributed by atoms with Crippen LogP contribution in [0.2, 0.25) is 0 Å². The van der Waals surface area contributed by atoms with Crippen molar-refractivity contribution in [3.63, 3.8) is 0 Å². The average Bonchev–Trinajstić information content (AvgIpc) is 2.88. The molecule has 0 bridgehead atoms. The first-order chi connectivity index (χ1) is 13.0. The highest BCUT2D eigenvalue weighted by atomic mass is 16.4. The molecule has 0 aromatic heterocycles. The van der Waals surface area contributed by atoms with Crippen molar-refractivity contribution >= 4 is 5.97 Å². The van der Waals surface area contributed by atoms with E-state index in [-0.39, 0.29) is 18.3 Å². The maximum atomic E-state index is 10.5. The van der Waals surface area contributed by atoms with Gasteiger partial charge in [-0.15, -0.1) is 0 Å². The van der Waals surface area contributed by atoms with Crippen molar-refractivity contribution in [1.29, 1.82) is 0 Å². The van der Waals surface area contributed by atoms with Crippen LogP contribution < -0.4 is 0 Å². The molecule has 5 atom stereocenters. The van der Waals surface area contributed by atoms with Gasteiger partial charge in [0.1, 0.15) is 0 Å². The van der Waals surface area contributed by atoms with Crippen molar-refractivity contribution in [1.82, 2.24) is 0 Å². The van der Waals surface area contributed by atoms with Gasteiger partial charge in [0, 0.05) is 18.8 Å². The Bertz CT molecular complexity index is 460. The standard InChI is InChI=1S/C22H38O5/c1-2-3-4-5-6-9-12-18-19(21(25)16-20(18)24)15-14-17(23)11-8-7-10-13-22(26)27/h6,9,14-15,17-21,23-25H,2-5,7-8,10-13,16H2,1H3,(H,26,27)/b9-6-,15-14+/t17-,18+,19-,20-,21+/m0/s1. The molecule has 0 aromatic carbocycles. The molecule has 0 heterocycles. The van der Waals surface area contributed by atoms with E-state index in [1.54, 1.807) is 6.08 Å². The van der Waals surface area contributed by atoms with E-state index in [9.17, 15) is 20.1 Å². The molecule has 0 radical (unpaired) electrons. The van der Waals surface area contributed by atoms with Crippen LogP contribution in [0.25, 0.3) is 0 Å². The van der Waals surface area contributed by atoms with Crippen LogP contribution in [-0.2, 0) is 4.79 Å². The van der Waals surface area contributed by atoms with Crippen molar-refractivity contribution in [2.24, 2.45) is 11.8 Å². The number of carboxylic acids is 1. The largest absolute Gasteiger partial charge is 0.481 e. The third-order valence-electron chi connectivity index (χ3n) is 5.41. The maximum absolute atomic E-state index is 10.5. The Hall–Kier alpha value is -1.17. The van der Waals surface area contributed by atoms with Crippen molar-refractivity contribution in [2.45, 2.75) is 95.9 Å². The number of unbranched alkanes of at least 4 members (excludes halogenated alkanes) is 5. The third-order valence-corrected chi connectivity index (χ3v) is 5.41. The minimum absolute atomic E-state index is 0.0126. The fraction of sp³-hybridized carbons (Fsp3) is 0.773. The first kappa shape index (κ1) is 23.9. The molecule has 0 spiro atoms. The van der Waals surface area contributed by atoms with E-state index in [0.29, 0.717) is 19.3 Å². The summed E-state index contributed by atoms with van der Waals surface area (Å²) in [7, 11) is 0. The lowest BCUT2D eigenvalue weighted by molar-refractivity contribution is -0.137. The van der Waals surface area contributed by atoms with Gasteiger partial charge < -0.3 is 20.4 Å². The Balaban J connectivity index is 2.39. The highest BCUT2D eigenvalue weighted by Crippen LogP contribution is 2.36. The van der Waals surface area contributed by atoms with E-state index >= 15 is 0 Å². The molecule has 0 aliphatic heterocycles. The number of aliphatic carboxylic acids is 1. The van der Waals surface area contributed by atoms with Gasteiger partial charge in [-0.2, -0.15) is 0 Å². The van der Waals surface area contributed by atoms with Crippen molar-refractivity contribution < 1.29 is 25.2 Å². The minimum atomic E-state index is -0.783. The molecule has 156 valence electrons. The second-order valence-electron chi connectivity index (χ2n) is 7.76. The minimum Gasteiger partial charge on any atom is -0.481 e. The molecule has 0 amide bonds. The fourth-order valence-electron chi connectivity index (χ4n) is 3.75. The first-order valence-electron chi connectivity index (χ1n) is 10.5. The quantitative estimate of drug-likeness (QED) is 0.270. The number of hydrogen-bond acceptors (Lipinski definition) is 4. The van der Waals surface area contributed by atoms with Gasteiger partial charge in [0.25, 0.3) is 0 Å². The summed E-state index contributed by atoms with van der Waals surface area (Å²) in [6.07, 6.45) is 14.9. The average molecular weight is 383 g/mol. The number of carbonyl (C=O) groups is 1. The first-order valence-corrected chi connectivity index (χ1v) is 10.5. The molecular formula is C22H38O5. The molecule has 0 saturated heterocycles. The molecule has 0 aromatic rings. The summed E-state index contributed by atoms with van der Waals surface area (Å²) in [4.78, 5) is 10.5. The van der Waals surface area contributed by atoms with Crippen LogP contribution in [0.1, 0.15) is 77.6 Å². The summed E-state index contributed by atoms with van der Waals surface area (Å²) >= 11 is 0. The Morgan fingerprint density at radius 3 is 2.56 bits per heavy atom. The molecule has 5 nitrogen and oxygen atoms in total. The monoisotopic (exact) mass is 382 g/mol. The molecule has 1 saturated carbocycles. The van der Waals surface area contributed by atoms with Gasteiger partial charge in [-0.3, -0.25) is 4.79 Å². The molecule has 1 rings (SSSR count). The lowest BCUT2D eigenvalue weighted by Gasteiger charge is -2.19. The number of aliphatic hydroxyl groups is 3. The zero-order valence-corrected chi connectivity index (χ0v) is 16.7. The molecule has 27 heavy (non-hydrogen) atoms. The van der Waals surface area contributed by atoms with Gasteiger partial charge in [0.15, 0.2) is 0 Å². The zero-order chi connectivity index (χ0) is 20.1. The second kappa shape index (κ2) is 13.9. The molecule has 4 N–H and O–H groups in total. The topological polar surface area (TPSA) is 98.0 Å². The second-order valence-corrected chi connectivity index (χ2v) is 7.76. The summed E-state index contributed by atoms with van der Waals surface area (Å²) in [5, 5.41) is 39.2. The zero-order valence-electron chi connectivity index (χ0n) is 16.7. The van der Waals surface area contributed by atoms with Crippen molar-refractivity contribution in [2.75, 3.05) is 0 Å². The van der Waals surface area contributed by atoms with Crippen LogP contribution in [0.5, 0.6) is 0 Å². The maximum Gasteiger partial charge on any atom is 0.303 e. The Morgan fingerprint density at radius 2 is 1.85 bits per heavy atom. The Morgan fingerprint density at radius 1 is 1.07 bits per heavy atom. The summed E-state index contributed by atoms with van der Waals surface area (Å²) in [6, 6.07) is 0. The highest BCUT2D eigenvalue weighted by molar-refractivity contribution is 5.66. The van der Waals surface area contributed by atoms with Crippen LogP contribution in [0.4, 0.5) is 0 Å². The van der Waals surface area contributed by atoms with Gasteiger partial charge in [-0.1, -0.05) is 56.9 Å². The van der Waals surface area contributed by atoms with Crippen LogP contribution in [0.3, 0.4) is 0 Å². The summed E-state index contributed by atoms with van der Waals surface area (Å²) in [5.41, 5.74) is 0. The van der Waals surface area contributed by atoms with E-state index < -0.39 is 24.3 Å². The van der Waals surface area contributed by atoms with Gasteiger partial charge in [0.2, 0.25) is 0 Å². The van der Waals surface area contributed by atoms with Gasteiger partial charge in [0.05, 0.1) is 18.3 Å². The van der Waals surface area contributed by atoms with Crippen molar-refractivity contribution in [3.05, 3.63) is 24.3 Å². The van der Waals surface area contributed by atoms with Gasteiger partial charge >= 0.3 is 5.97 Å². The predicted octanol–water partition coefficient (Wildman–Crippen LogP) is 3.82. The lowest BCUT2D eigenvalue weighted by atomic mass is 9.89. The van der Waals surface area contributed by atoms with Crippen LogP contribution >= 0.6 is 0 Å². The Kier molecular flexibility index (Phi) is 12.3. The summed E-state index contributed by atoms with van der Waals surface area (Å²) < 4.78 is 0. The number of rotatable bonds is 14. The molecule has 1 fully saturated rings. The summed E-state index contributed by atoms with van der Waals surface area (Å²) in [5.74, 6) is -0.932.